The van der Waals surface area contributed by atoms with Crippen LogP contribution in [0.15, 0.2) is 0 Å². The summed E-state index contributed by atoms with van der Waals surface area (Å²) in [6.45, 7) is -2.45. The molecule has 0 aliphatic rings. The van der Waals surface area contributed by atoms with Crippen molar-refractivity contribution in [1.29, 1.82) is 0 Å². The Balaban J connectivity index is 4.35. The number of hydrogen-bond acceptors (Lipinski definition) is 0. The highest BCUT2D eigenvalue weighted by atomic mass is 19.3. The molecule has 0 saturated carbocycles. The molecule has 0 heterocycles. The van der Waals surface area contributed by atoms with Gasteiger partial charge in [-0.15, -0.1) is 0 Å². The van der Waals surface area contributed by atoms with Crippen molar-refractivity contribution in [2.75, 3.05) is 6.67 Å². The van der Waals surface area contributed by atoms with E-state index in [0.717, 1.165) is 0 Å². The molecule has 0 N–H and O–H groups in total. The van der Waals surface area contributed by atoms with E-state index in [1.165, 1.54) is 0 Å². The molecule has 11 heavy (non-hydrogen) atoms. The van der Waals surface area contributed by atoms with E-state index in [2.05, 4.69) is 0 Å². The molecule has 0 aromatic rings. The second kappa shape index (κ2) is 2.91. The number of alkyl halides is 6. The Labute approximate surface area is 59.2 Å². The van der Waals surface area contributed by atoms with Crippen molar-refractivity contribution >= 4 is 0 Å². The van der Waals surface area contributed by atoms with Gasteiger partial charge in [0.05, 0.1) is 0 Å². The van der Waals surface area contributed by atoms with Crippen molar-refractivity contribution in [3.8, 4) is 0 Å². The Morgan fingerprint density at radius 3 is 1.64 bits per heavy atom. The lowest BCUT2D eigenvalue weighted by atomic mass is 10.1. The summed E-state index contributed by atoms with van der Waals surface area (Å²) in [7, 11) is 0. The van der Waals surface area contributed by atoms with Crippen LogP contribution >= 0.6 is 0 Å². The third kappa shape index (κ3) is 2.59. The third-order valence-electron chi connectivity index (χ3n) is 0.994. The zero-order valence-corrected chi connectivity index (χ0v) is 5.55. The molecule has 0 saturated heterocycles. The van der Waals surface area contributed by atoms with E-state index in [0.29, 0.717) is 0 Å². The summed E-state index contributed by atoms with van der Waals surface area (Å²) in [5.41, 5.74) is 0. The Morgan fingerprint density at radius 2 is 1.55 bits per heavy atom. The first-order valence-corrected chi connectivity index (χ1v) is 2.67. The molecule has 0 aromatic heterocycles. The lowest BCUT2D eigenvalue weighted by Crippen LogP contribution is -2.43. The first-order chi connectivity index (χ1) is 4.72. The summed E-state index contributed by atoms with van der Waals surface area (Å²) in [4.78, 5) is 0. The largest absolute Gasteiger partial charge is 0.312 e. The molecule has 0 spiro atoms. The Hall–Kier alpha value is -0.420. The molecule has 1 unspecified atom stereocenters. The highest BCUT2D eigenvalue weighted by Gasteiger charge is 2.53. The molecule has 0 aromatic carbocycles. The predicted molar refractivity (Wildman–Crippen MR) is 26.4 cm³/mol. The SMILES string of the molecule is CC(F)(F)C(F)C(F)(F)CF. The Bertz CT molecular complexity index is 125. The maximum atomic E-state index is 11.9. The maximum Gasteiger partial charge on any atom is 0.312 e. The maximum absolute atomic E-state index is 11.9. The Morgan fingerprint density at radius 1 is 1.18 bits per heavy atom. The molecule has 0 aliphatic carbocycles. The van der Waals surface area contributed by atoms with E-state index < -0.39 is 24.7 Å². The van der Waals surface area contributed by atoms with E-state index in [9.17, 15) is 26.3 Å². The van der Waals surface area contributed by atoms with Gasteiger partial charge in [0, 0.05) is 6.92 Å². The first kappa shape index (κ1) is 10.6. The van der Waals surface area contributed by atoms with Crippen molar-refractivity contribution < 1.29 is 26.3 Å². The molecule has 6 heteroatoms. The second-order valence-corrected chi connectivity index (χ2v) is 2.21. The smallest absolute Gasteiger partial charge is 0.244 e. The van der Waals surface area contributed by atoms with E-state index >= 15 is 0 Å². The fourth-order valence-corrected chi connectivity index (χ4v) is 0.439. The summed E-state index contributed by atoms with van der Waals surface area (Å²) in [6, 6.07) is 0. The lowest BCUT2D eigenvalue weighted by molar-refractivity contribution is -0.178. The second-order valence-electron chi connectivity index (χ2n) is 2.21. The van der Waals surface area contributed by atoms with E-state index in [-0.39, 0.29) is 6.92 Å². The molecule has 0 nitrogen and oxygen atoms in total. The summed E-state index contributed by atoms with van der Waals surface area (Å²) >= 11 is 0. The van der Waals surface area contributed by atoms with Crippen molar-refractivity contribution in [2.45, 2.75) is 24.9 Å². The summed E-state index contributed by atoms with van der Waals surface area (Å²) in [5.74, 6) is -8.81. The number of rotatable bonds is 3. The zero-order valence-electron chi connectivity index (χ0n) is 5.55. The monoisotopic (exact) mass is 180 g/mol. The normalized spacial score (nSPS) is 16.6. The van der Waals surface area contributed by atoms with Crippen LogP contribution in [-0.4, -0.2) is 24.7 Å². The van der Waals surface area contributed by atoms with Crippen molar-refractivity contribution in [3.63, 3.8) is 0 Å². The minimum absolute atomic E-state index is 0.0266. The quantitative estimate of drug-likeness (QED) is 0.585. The summed E-state index contributed by atoms with van der Waals surface area (Å²) in [5, 5.41) is 0. The van der Waals surface area contributed by atoms with Crippen molar-refractivity contribution in [3.05, 3.63) is 0 Å². The number of hydrogen-bond donors (Lipinski definition) is 0. The van der Waals surface area contributed by atoms with E-state index in [1.807, 2.05) is 0 Å². The molecule has 0 aliphatic heterocycles. The molecule has 0 amide bonds. The lowest BCUT2D eigenvalue weighted by Gasteiger charge is -2.22. The van der Waals surface area contributed by atoms with Crippen LogP contribution in [0.3, 0.4) is 0 Å². The zero-order chi connectivity index (χ0) is 9.28. The molecule has 0 bridgehead atoms. The van der Waals surface area contributed by atoms with Gasteiger partial charge >= 0.3 is 5.92 Å². The molecule has 0 fully saturated rings. The van der Waals surface area contributed by atoms with Gasteiger partial charge in [-0.2, -0.15) is 0 Å². The summed E-state index contributed by atoms with van der Waals surface area (Å²) in [6.07, 6.45) is -3.76. The van der Waals surface area contributed by atoms with Crippen LogP contribution in [-0.2, 0) is 0 Å². The van der Waals surface area contributed by atoms with Gasteiger partial charge in [-0.3, -0.25) is 0 Å². The minimum atomic E-state index is -4.60. The average Bonchev–Trinajstić information content (AvgIpc) is 1.84. The molecule has 0 rings (SSSR count). The van der Waals surface area contributed by atoms with Crippen LogP contribution in [0.2, 0.25) is 0 Å². The minimum Gasteiger partial charge on any atom is -0.244 e. The highest BCUT2D eigenvalue weighted by molar-refractivity contribution is 4.85. The fourth-order valence-electron chi connectivity index (χ4n) is 0.439. The first-order valence-electron chi connectivity index (χ1n) is 2.67. The fraction of sp³-hybridized carbons (Fsp3) is 1.00. The van der Waals surface area contributed by atoms with Gasteiger partial charge in [0.15, 0.2) is 6.67 Å². The van der Waals surface area contributed by atoms with Gasteiger partial charge in [0.25, 0.3) is 5.92 Å². The van der Waals surface area contributed by atoms with Gasteiger partial charge in [0.2, 0.25) is 6.17 Å². The average molecular weight is 180 g/mol. The van der Waals surface area contributed by atoms with Gasteiger partial charge in [-0.1, -0.05) is 0 Å². The van der Waals surface area contributed by atoms with Crippen molar-refractivity contribution in [1.82, 2.24) is 0 Å². The standard InChI is InChI=1S/C5H6F6/c1-4(8,9)3(7)5(10,11)2-6/h3H,2H2,1H3. The van der Waals surface area contributed by atoms with Gasteiger partial charge in [-0.25, -0.2) is 26.3 Å². The van der Waals surface area contributed by atoms with Gasteiger partial charge in [-0.05, 0) is 0 Å². The Kier molecular flexibility index (Phi) is 2.79. The van der Waals surface area contributed by atoms with Crippen LogP contribution in [0.1, 0.15) is 6.92 Å². The third-order valence-corrected chi connectivity index (χ3v) is 0.994. The topological polar surface area (TPSA) is 0 Å². The van der Waals surface area contributed by atoms with E-state index in [4.69, 9.17) is 0 Å². The summed E-state index contributed by atoms with van der Waals surface area (Å²) < 4.78 is 70.4. The number of halogens is 6. The molecular formula is C5H6F6. The highest BCUT2D eigenvalue weighted by Crippen LogP contribution is 2.33. The van der Waals surface area contributed by atoms with Gasteiger partial charge in [0.1, 0.15) is 0 Å². The van der Waals surface area contributed by atoms with Crippen LogP contribution in [0.4, 0.5) is 26.3 Å². The van der Waals surface area contributed by atoms with Crippen LogP contribution in [0.25, 0.3) is 0 Å². The van der Waals surface area contributed by atoms with Gasteiger partial charge < -0.3 is 0 Å². The predicted octanol–water partition coefficient (Wildman–Crippen LogP) is 2.58. The van der Waals surface area contributed by atoms with Crippen LogP contribution in [0, 0.1) is 0 Å². The van der Waals surface area contributed by atoms with Crippen LogP contribution < -0.4 is 0 Å². The van der Waals surface area contributed by atoms with E-state index in [1.54, 1.807) is 0 Å². The molecule has 1 atom stereocenters. The molecule has 0 radical (unpaired) electrons. The van der Waals surface area contributed by atoms with Crippen molar-refractivity contribution in [2.24, 2.45) is 0 Å². The molecule has 68 valence electrons. The molecular weight excluding hydrogens is 174 g/mol. The van der Waals surface area contributed by atoms with Crippen LogP contribution in [0.5, 0.6) is 0 Å².